The Morgan fingerprint density at radius 1 is 1.38 bits per heavy atom. The number of nitrogen functional groups attached to an aromatic ring is 1. The average Bonchev–Trinajstić information content (AvgIpc) is 2.82. The highest BCUT2D eigenvalue weighted by Crippen LogP contribution is 2.36. The predicted octanol–water partition coefficient (Wildman–Crippen LogP) is 3.72. The molecule has 2 aromatic rings. The fourth-order valence-corrected chi connectivity index (χ4v) is 3.01. The zero-order chi connectivity index (χ0) is 15.4. The summed E-state index contributed by atoms with van der Waals surface area (Å²) in [5.41, 5.74) is 8.88. The second-order valence-corrected chi connectivity index (χ2v) is 5.80. The highest BCUT2D eigenvalue weighted by Gasteiger charge is 2.19. The van der Waals surface area contributed by atoms with E-state index in [4.69, 9.17) is 5.73 Å². The summed E-state index contributed by atoms with van der Waals surface area (Å²) >= 11 is 1.26. The Kier molecular flexibility index (Phi) is 4.61. The fourth-order valence-electron chi connectivity index (χ4n) is 1.94. The molecule has 0 amide bonds. The number of aryl methyl sites for hydroxylation is 1. The lowest BCUT2D eigenvalue weighted by atomic mass is 10.1. The minimum Gasteiger partial charge on any atom is -0.396 e. The highest BCUT2D eigenvalue weighted by molar-refractivity contribution is 7.19. The molecule has 1 aromatic carbocycles. The van der Waals surface area contributed by atoms with Crippen LogP contribution >= 0.6 is 11.3 Å². The Balaban J connectivity index is 2.22. The van der Waals surface area contributed by atoms with Crippen molar-refractivity contribution in [1.29, 1.82) is 5.26 Å². The number of hydrogen-bond acceptors (Lipinski definition) is 5. The van der Waals surface area contributed by atoms with Crippen LogP contribution in [0.5, 0.6) is 0 Å². The molecule has 0 radical (unpaired) electrons. The summed E-state index contributed by atoms with van der Waals surface area (Å²) in [6, 6.07) is 10.2. The van der Waals surface area contributed by atoms with Crippen LogP contribution in [0.2, 0.25) is 0 Å². The molecular weight excluding hydrogens is 282 g/mol. The lowest BCUT2D eigenvalue weighted by Crippen LogP contribution is -2.00. The normalized spacial score (nSPS) is 10.1. The van der Waals surface area contributed by atoms with Gasteiger partial charge in [-0.1, -0.05) is 36.8 Å². The van der Waals surface area contributed by atoms with Gasteiger partial charge in [-0.15, -0.1) is 11.3 Å². The van der Waals surface area contributed by atoms with Gasteiger partial charge in [0.15, 0.2) is 5.78 Å². The summed E-state index contributed by atoms with van der Waals surface area (Å²) in [6.45, 7) is 4.41. The van der Waals surface area contributed by atoms with Crippen LogP contribution in [-0.2, 0) is 6.54 Å². The third kappa shape index (κ3) is 3.23. The average molecular weight is 299 g/mol. The first-order valence-corrected chi connectivity index (χ1v) is 7.53. The van der Waals surface area contributed by atoms with Crippen LogP contribution in [0, 0.1) is 18.3 Å². The van der Waals surface area contributed by atoms with Gasteiger partial charge >= 0.3 is 0 Å². The monoisotopic (exact) mass is 299 g/mol. The van der Waals surface area contributed by atoms with Crippen molar-refractivity contribution >= 4 is 27.8 Å². The van der Waals surface area contributed by atoms with Crippen molar-refractivity contribution in [2.24, 2.45) is 0 Å². The second kappa shape index (κ2) is 6.42. The summed E-state index contributed by atoms with van der Waals surface area (Å²) < 4.78 is 0. The minimum atomic E-state index is -0.0302. The molecule has 0 unspecified atom stereocenters. The third-order valence-corrected chi connectivity index (χ3v) is 4.41. The van der Waals surface area contributed by atoms with Gasteiger partial charge in [-0.3, -0.25) is 4.79 Å². The third-order valence-electron chi connectivity index (χ3n) is 3.20. The molecular formula is C16H17N3OS. The number of carbonyl (C=O) groups excluding carboxylic acids is 1. The molecule has 1 heterocycles. The Morgan fingerprint density at radius 3 is 2.62 bits per heavy atom. The summed E-state index contributed by atoms with van der Waals surface area (Å²) in [5.74, 6) is -0.0302. The maximum absolute atomic E-state index is 11.8. The van der Waals surface area contributed by atoms with E-state index < -0.39 is 0 Å². The van der Waals surface area contributed by atoms with E-state index in [2.05, 4.69) is 11.4 Å². The number of thiophene rings is 1. The van der Waals surface area contributed by atoms with Gasteiger partial charge in [0.25, 0.3) is 0 Å². The Labute approximate surface area is 128 Å². The van der Waals surface area contributed by atoms with Crippen molar-refractivity contribution in [3.05, 3.63) is 45.8 Å². The van der Waals surface area contributed by atoms with Crippen LogP contribution in [-0.4, -0.2) is 5.78 Å². The van der Waals surface area contributed by atoms with Gasteiger partial charge in [-0.2, -0.15) is 5.26 Å². The molecule has 0 spiro atoms. The quantitative estimate of drug-likeness (QED) is 0.825. The first-order chi connectivity index (χ1) is 10.1. The van der Waals surface area contributed by atoms with Crippen molar-refractivity contribution in [1.82, 2.24) is 0 Å². The van der Waals surface area contributed by atoms with E-state index in [1.54, 1.807) is 6.92 Å². The highest BCUT2D eigenvalue weighted by atomic mass is 32.1. The van der Waals surface area contributed by atoms with Crippen LogP contribution in [0.3, 0.4) is 0 Å². The maximum atomic E-state index is 11.8. The number of ketones is 1. The smallest absolute Gasteiger partial charge is 0.174 e. The topological polar surface area (TPSA) is 78.9 Å². The summed E-state index contributed by atoms with van der Waals surface area (Å²) in [7, 11) is 0. The SMILES string of the molecule is CCC(=O)c1sc(NCc2ccc(C)cc2)c(C#N)c1N. The van der Waals surface area contributed by atoms with Crippen LogP contribution < -0.4 is 11.1 Å². The summed E-state index contributed by atoms with van der Waals surface area (Å²) in [4.78, 5) is 12.3. The number of hydrogen-bond donors (Lipinski definition) is 2. The van der Waals surface area contributed by atoms with Gasteiger partial charge in [0.05, 0.1) is 10.6 Å². The second-order valence-electron chi connectivity index (χ2n) is 4.78. The largest absolute Gasteiger partial charge is 0.396 e. The lowest BCUT2D eigenvalue weighted by molar-refractivity contribution is 0.0993. The molecule has 2 rings (SSSR count). The molecule has 0 saturated carbocycles. The molecule has 3 N–H and O–H groups in total. The van der Waals surface area contributed by atoms with Crippen molar-refractivity contribution in [2.75, 3.05) is 11.1 Å². The molecule has 0 aliphatic rings. The summed E-state index contributed by atoms with van der Waals surface area (Å²) in [5, 5.41) is 13.1. The molecule has 108 valence electrons. The van der Waals surface area contributed by atoms with E-state index in [1.807, 2.05) is 31.2 Å². The maximum Gasteiger partial charge on any atom is 0.174 e. The molecule has 0 fully saturated rings. The lowest BCUT2D eigenvalue weighted by Gasteiger charge is -2.05. The number of rotatable bonds is 5. The minimum absolute atomic E-state index is 0.0302. The Morgan fingerprint density at radius 2 is 2.05 bits per heavy atom. The van der Waals surface area contributed by atoms with E-state index >= 15 is 0 Å². The van der Waals surface area contributed by atoms with Gasteiger partial charge in [0, 0.05) is 13.0 Å². The number of carbonyl (C=O) groups is 1. The Bertz CT molecular complexity index is 696. The number of nitrogens with one attached hydrogen (secondary N) is 1. The first-order valence-electron chi connectivity index (χ1n) is 6.71. The van der Waals surface area contributed by atoms with E-state index in [0.29, 0.717) is 34.1 Å². The molecule has 0 aliphatic heterocycles. The molecule has 0 aliphatic carbocycles. The molecule has 0 bridgehead atoms. The van der Waals surface area contributed by atoms with Gasteiger partial charge in [-0.25, -0.2) is 0 Å². The number of nitriles is 1. The standard InChI is InChI=1S/C16H17N3OS/c1-3-13(20)15-14(18)12(8-17)16(21-15)19-9-11-6-4-10(2)5-7-11/h4-7,19H,3,9,18H2,1-2H3. The molecule has 21 heavy (non-hydrogen) atoms. The van der Waals surface area contributed by atoms with Gasteiger partial charge < -0.3 is 11.1 Å². The van der Waals surface area contributed by atoms with E-state index in [1.165, 1.54) is 16.9 Å². The number of Topliss-reactive ketones (excluding diaryl/α,β-unsaturated/α-hetero) is 1. The molecule has 0 atom stereocenters. The van der Waals surface area contributed by atoms with E-state index in [-0.39, 0.29) is 5.78 Å². The number of nitrogens with two attached hydrogens (primary N) is 1. The number of nitrogens with zero attached hydrogens (tertiary/aromatic N) is 1. The van der Waals surface area contributed by atoms with Crippen molar-refractivity contribution in [2.45, 2.75) is 26.8 Å². The molecule has 5 heteroatoms. The Hall–Kier alpha value is -2.32. The molecule has 0 saturated heterocycles. The van der Waals surface area contributed by atoms with E-state index in [9.17, 15) is 10.1 Å². The van der Waals surface area contributed by atoms with Gasteiger partial charge in [-0.05, 0) is 12.5 Å². The van der Waals surface area contributed by atoms with Crippen LogP contribution in [0.25, 0.3) is 0 Å². The summed E-state index contributed by atoms with van der Waals surface area (Å²) in [6.07, 6.45) is 0.382. The van der Waals surface area contributed by atoms with Crippen molar-refractivity contribution in [3.8, 4) is 6.07 Å². The predicted molar refractivity (Wildman–Crippen MR) is 86.6 cm³/mol. The van der Waals surface area contributed by atoms with E-state index in [0.717, 1.165) is 5.56 Å². The van der Waals surface area contributed by atoms with Crippen LogP contribution in [0.1, 0.15) is 39.7 Å². The molecule has 1 aromatic heterocycles. The zero-order valence-corrected chi connectivity index (χ0v) is 12.9. The van der Waals surface area contributed by atoms with Gasteiger partial charge in [0.1, 0.15) is 16.6 Å². The molecule has 4 nitrogen and oxygen atoms in total. The number of benzene rings is 1. The first kappa shape index (κ1) is 15.1. The van der Waals surface area contributed by atoms with Crippen molar-refractivity contribution < 1.29 is 4.79 Å². The van der Waals surface area contributed by atoms with Crippen LogP contribution in [0.4, 0.5) is 10.7 Å². The fraction of sp³-hybridized carbons (Fsp3) is 0.250. The van der Waals surface area contributed by atoms with Crippen molar-refractivity contribution in [3.63, 3.8) is 0 Å². The number of anilines is 2. The van der Waals surface area contributed by atoms with Crippen LogP contribution in [0.15, 0.2) is 24.3 Å². The zero-order valence-electron chi connectivity index (χ0n) is 12.1. The van der Waals surface area contributed by atoms with Gasteiger partial charge in [0.2, 0.25) is 0 Å².